The summed E-state index contributed by atoms with van der Waals surface area (Å²) in [6, 6.07) is 18.1. The van der Waals surface area contributed by atoms with Crippen molar-refractivity contribution in [3.8, 4) is 45.6 Å². The molecule has 2 saturated carbocycles. The van der Waals surface area contributed by atoms with Crippen molar-refractivity contribution < 1.29 is 30.6 Å². The van der Waals surface area contributed by atoms with Crippen LogP contribution in [-0.4, -0.2) is 56.2 Å². The SMILES string of the molecule is Cc1cc2c(C(C)C)c(O)c(O)c(C=NCC3(C)CCCC4(C)c5ccc(C(C)C)cc5CCC34)c2c(O)c1-c1c(C)cc2c(C(C)C)c(O)c(O)c(C=NCC3(C)CCCC4(C)c5ccc(C(C)C)cc5CCC34)c2c1O. The molecule has 4 aliphatic carbocycles. The zero-order chi connectivity index (χ0) is 56.3. The van der Waals surface area contributed by atoms with Gasteiger partial charge in [-0.3, -0.25) is 9.98 Å². The molecule has 414 valence electrons. The second-order valence-corrected chi connectivity index (χ2v) is 27.2. The lowest BCUT2D eigenvalue weighted by molar-refractivity contribution is 0.0330. The van der Waals surface area contributed by atoms with Crippen LogP contribution >= 0.6 is 0 Å². The van der Waals surface area contributed by atoms with Gasteiger partial charge in [-0.15, -0.1) is 0 Å². The van der Waals surface area contributed by atoms with E-state index in [1.165, 1.54) is 33.4 Å². The Hall–Kier alpha value is -6.02. The molecule has 6 aromatic carbocycles. The van der Waals surface area contributed by atoms with Crippen LogP contribution in [0.1, 0.15) is 225 Å². The zero-order valence-corrected chi connectivity index (χ0v) is 49.3. The average molecular weight is 1050 g/mol. The molecule has 0 amide bonds. The van der Waals surface area contributed by atoms with E-state index in [0.717, 1.165) is 64.2 Å². The molecule has 6 aromatic rings. The number of aryl methyl sites for hydroxylation is 4. The van der Waals surface area contributed by atoms with Gasteiger partial charge in [0.05, 0.1) is 0 Å². The van der Waals surface area contributed by atoms with Gasteiger partial charge in [-0.25, -0.2) is 0 Å². The van der Waals surface area contributed by atoms with Gasteiger partial charge in [0.2, 0.25) is 0 Å². The fourth-order valence-corrected chi connectivity index (χ4v) is 16.7. The van der Waals surface area contributed by atoms with E-state index in [-0.39, 0.29) is 79.1 Å². The predicted octanol–water partition coefficient (Wildman–Crippen LogP) is 17.3. The Morgan fingerprint density at radius 3 is 1.21 bits per heavy atom. The van der Waals surface area contributed by atoms with Crippen molar-refractivity contribution in [1.29, 1.82) is 0 Å². The largest absolute Gasteiger partial charge is 0.507 e. The summed E-state index contributed by atoms with van der Waals surface area (Å²) in [6.07, 6.45) is 14.0. The van der Waals surface area contributed by atoms with Gasteiger partial charge in [-0.05, 0) is 178 Å². The predicted molar refractivity (Wildman–Crippen MR) is 323 cm³/mol. The number of aliphatic imine (C=N–C) groups is 2. The van der Waals surface area contributed by atoms with Gasteiger partial charge in [0, 0.05) is 69.7 Å². The fourth-order valence-electron chi connectivity index (χ4n) is 16.7. The lowest BCUT2D eigenvalue weighted by Crippen LogP contribution is -2.50. The van der Waals surface area contributed by atoms with Gasteiger partial charge in [-0.2, -0.15) is 0 Å². The summed E-state index contributed by atoms with van der Waals surface area (Å²) in [6.45, 7) is 31.3. The molecule has 8 heteroatoms. The minimum atomic E-state index is -0.351. The number of benzene rings is 6. The topological polar surface area (TPSA) is 146 Å². The van der Waals surface area contributed by atoms with Crippen LogP contribution in [0, 0.1) is 36.5 Å². The number of rotatable bonds is 11. The van der Waals surface area contributed by atoms with E-state index in [4.69, 9.17) is 9.98 Å². The van der Waals surface area contributed by atoms with Crippen molar-refractivity contribution >= 4 is 34.0 Å². The first-order valence-electron chi connectivity index (χ1n) is 29.5. The summed E-state index contributed by atoms with van der Waals surface area (Å²) in [4.78, 5) is 10.3. The van der Waals surface area contributed by atoms with E-state index < -0.39 is 0 Å². The van der Waals surface area contributed by atoms with Crippen molar-refractivity contribution in [1.82, 2.24) is 0 Å². The minimum absolute atomic E-state index is 0.00954. The molecule has 4 aliphatic rings. The number of phenols is 6. The molecule has 2 fully saturated rings. The van der Waals surface area contributed by atoms with Crippen molar-refractivity contribution in [3.05, 3.63) is 115 Å². The Labute approximate surface area is 464 Å². The molecule has 0 aliphatic heterocycles. The molecule has 0 saturated heterocycles. The standard InChI is InChI=1S/C70H88N2O6/c1-37(2)43-17-21-51-45(31-43)19-23-53-67(11,25-15-27-69(51,53)13)35-71-33-49-59-47(55(39(5)6)65(77)61(49)73)29-41(9)57(63(59)75)58-42(10)30-48-56(40(7)8)66(78)62(74)50(60(48)64(58)76)34-72-36-68(12)26-16-28-70(14)52-22-18-44(38(3)4)32-46(52)20-24-54(68)70/h17-18,21-22,29-34,37-40,53-54,73-78H,15-16,19-20,23-28,35-36H2,1-14H3. The molecule has 8 nitrogen and oxygen atoms in total. The number of nitrogens with zero attached hydrogens (tertiary/aromatic N) is 2. The Morgan fingerprint density at radius 2 is 0.859 bits per heavy atom. The van der Waals surface area contributed by atoms with Crippen molar-refractivity contribution in [2.45, 2.75) is 196 Å². The lowest BCUT2D eigenvalue weighted by atomic mass is 9.50. The van der Waals surface area contributed by atoms with Crippen molar-refractivity contribution in [3.63, 3.8) is 0 Å². The Balaban J connectivity index is 1.07. The Bertz CT molecular complexity index is 3230. The number of phenolic OH excluding ortho intramolecular Hbond substituents is 6. The second kappa shape index (κ2) is 20.0. The van der Waals surface area contributed by atoms with Gasteiger partial charge in [0.15, 0.2) is 23.0 Å². The van der Waals surface area contributed by atoms with Crippen LogP contribution in [0.4, 0.5) is 0 Å². The maximum absolute atomic E-state index is 13.0. The summed E-state index contributed by atoms with van der Waals surface area (Å²) in [5.74, 6) is -0.212. The first-order valence-corrected chi connectivity index (χ1v) is 29.5. The number of fused-ring (bicyclic) bond motifs is 8. The van der Waals surface area contributed by atoms with E-state index in [9.17, 15) is 30.6 Å². The molecule has 6 N–H and O–H groups in total. The molecule has 0 heterocycles. The number of hydrogen-bond acceptors (Lipinski definition) is 8. The molecule has 0 aromatic heterocycles. The highest BCUT2D eigenvalue weighted by Crippen LogP contribution is 2.60. The van der Waals surface area contributed by atoms with Crippen molar-refractivity contribution in [2.24, 2.45) is 32.7 Å². The van der Waals surface area contributed by atoms with Crippen molar-refractivity contribution in [2.75, 3.05) is 13.1 Å². The van der Waals surface area contributed by atoms with Crippen LogP contribution in [0.25, 0.3) is 32.7 Å². The molecule has 0 bridgehead atoms. The highest BCUT2D eigenvalue weighted by atomic mass is 16.3. The molecule has 0 radical (unpaired) electrons. The van der Waals surface area contributed by atoms with E-state index >= 15 is 0 Å². The summed E-state index contributed by atoms with van der Waals surface area (Å²) < 4.78 is 0. The lowest BCUT2D eigenvalue weighted by Gasteiger charge is -2.55. The molecule has 6 atom stereocenters. The first-order chi connectivity index (χ1) is 36.8. The highest BCUT2D eigenvalue weighted by Gasteiger charge is 2.53. The maximum Gasteiger partial charge on any atom is 0.167 e. The molecule has 0 spiro atoms. The Morgan fingerprint density at radius 1 is 0.487 bits per heavy atom. The van der Waals surface area contributed by atoms with Crippen LogP contribution in [0.5, 0.6) is 34.5 Å². The summed E-state index contributed by atoms with van der Waals surface area (Å²) in [7, 11) is 0. The van der Waals surface area contributed by atoms with Crippen LogP contribution in [-0.2, 0) is 23.7 Å². The average Bonchev–Trinajstić information content (AvgIpc) is 3.58. The van der Waals surface area contributed by atoms with Gasteiger partial charge < -0.3 is 30.6 Å². The molecule has 10 rings (SSSR count). The smallest absolute Gasteiger partial charge is 0.167 e. The third kappa shape index (κ3) is 8.67. The third-order valence-corrected chi connectivity index (χ3v) is 20.7. The Kier molecular flexibility index (Phi) is 14.1. The van der Waals surface area contributed by atoms with E-state index in [1.54, 1.807) is 12.4 Å². The van der Waals surface area contributed by atoms with E-state index in [1.807, 2.05) is 53.7 Å². The molecular weight excluding hydrogens is 965 g/mol. The quantitative estimate of drug-likeness (QED) is 0.0563. The van der Waals surface area contributed by atoms with E-state index in [2.05, 4.69) is 91.8 Å². The normalized spacial score (nSPS) is 25.3. The van der Waals surface area contributed by atoms with Crippen LogP contribution in [0.3, 0.4) is 0 Å². The second-order valence-electron chi connectivity index (χ2n) is 27.2. The van der Waals surface area contributed by atoms with Gasteiger partial charge in [0.1, 0.15) is 11.5 Å². The number of aromatic hydroxyl groups is 6. The highest BCUT2D eigenvalue weighted by molar-refractivity contribution is 6.15. The van der Waals surface area contributed by atoms with E-state index in [0.29, 0.717) is 91.7 Å². The first kappa shape index (κ1) is 55.3. The summed E-state index contributed by atoms with van der Waals surface area (Å²) in [5, 5.41) is 75.6. The summed E-state index contributed by atoms with van der Waals surface area (Å²) in [5.41, 5.74) is 11.9. The minimum Gasteiger partial charge on any atom is -0.507 e. The summed E-state index contributed by atoms with van der Waals surface area (Å²) >= 11 is 0. The molecule has 78 heavy (non-hydrogen) atoms. The van der Waals surface area contributed by atoms with Crippen LogP contribution in [0.2, 0.25) is 0 Å². The fraction of sp³-hybridized carbons (Fsp3) is 0.514. The molecule has 6 unspecified atom stereocenters. The maximum atomic E-state index is 13.0. The zero-order valence-electron chi connectivity index (χ0n) is 49.3. The number of hydrogen-bond donors (Lipinski definition) is 6. The van der Waals surface area contributed by atoms with Gasteiger partial charge in [-0.1, -0.05) is 144 Å². The third-order valence-electron chi connectivity index (χ3n) is 20.7. The van der Waals surface area contributed by atoms with Gasteiger partial charge in [0.25, 0.3) is 0 Å². The molecular formula is C70H88N2O6. The van der Waals surface area contributed by atoms with Crippen LogP contribution < -0.4 is 0 Å². The monoisotopic (exact) mass is 1050 g/mol. The van der Waals surface area contributed by atoms with Crippen LogP contribution in [0.15, 0.2) is 58.5 Å². The van der Waals surface area contributed by atoms with Gasteiger partial charge >= 0.3 is 0 Å².